The summed E-state index contributed by atoms with van der Waals surface area (Å²) in [5.41, 5.74) is 4.55. The van der Waals surface area contributed by atoms with Crippen molar-refractivity contribution in [2.75, 3.05) is 6.54 Å². The first kappa shape index (κ1) is 9.39. The average Bonchev–Trinajstić information content (AvgIpc) is 2.83. The third kappa shape index (κ3) is 1.49. The van der Waals surface area contributed by atoms with Crippen LogP contribution in [0.25, 0.3) is 11.3 Å². The minimum absolute atomic E-state index is 0.815. The number of aromatic amines is 1. The Morgan fingerprint density at radius 2 is 2.40 bits per heavy atom. The Bertz CT molecular complexity index is 489. The summed E-state index contributed by atoms with van der Waals surface area (Å²) >= 11 is 7.66. The van der Waals surface area contributed by atoms with E-state index in [-0.39, 0.29) is 0 Å². The van der Waals surface area contributed by atoms with Crippen molar-refractivity contribution in [1.29, 1.82) is 0 Å². The second-order valence-electron chi connectivity index (χ2n) is 3.56. The quantitative estimate of drug-likeness (QED) is 0.803. The molecule has 0 radical (unpaired) electrons. The van der Waals surface area contributed by atoms with Gasteiger partial charge in [-0.3, -0.25) is 5.10 Å². The average molecular weight is 240 g/mol. The highest BCUT2D eigenvalue weighted by Crippen LogP contribution is 2.34. The number of nitrogens with one attached hydrogen (secondary N) is 2. The topological polar surface area (TPSA) is 40.7 Å². The van der Waals surface area contributed by atoms with Crippen LogP contribution < -0.4 is 5.32 Å². The Morgan fingerprint density at radius 1 is 1.47 bits per heavy atom. The van der Waals surface area contributed by atoms with Gasteiger partial charge in [0.15, 0.2) is 0 Å². The Labute approximate surface area is 96.5 Å². The molecule has 3 rings (SSSR count). The Balaban J connectivity index is 2.13. The molecule has 0 spiro atoms. The van der Waals surface area contributed by atoms with E-state index in [1.54, 1.807) is 11.3 Å². The standard InChI is InChI=1S/C10H10ClN3S/c11-10-6(2-4-15-10)9-7-5-12-3-1-8(7)13-14-9/h2,4,12H,1,3,5H2,(H,13,14). The lowest BCUT2D eigenvalue weighted by Gasteiger charge is -2.12. The highest BCUT2D eigenvalue weighted by Gasteiger charge is 2.19. The molecular weight excluding hydrogens is 230 g/mol. The Morgan fingerprint density at radius 3 is 3.20 bits per heavy atom. The molecule has 0 amide bonds. The molecule has 0 atom stereocenters. The molecule has 0 bridgehead atoms. The van der Waals surface area contributed by atoms with E-state index < -0.39 is 0 Å². The Kier molecular flexibility index (Phi) is 2.27. The maximum atomic E-state index is 6.12. The summed E-state index contributed by atoms with van der Waals surface area (Å²) in [6.07, 6.45) is 1.02. The molecule has 3 heterocycles. The number of hydrogen-bond acceptors (Lipinski definition) is 3. The lowest BCUT2D eigenvalue weighted by molar-refractivity contribution is 0.637. The van der Waals surface area contributed by atoms with Crippen LogP contribution >= 0.6 is 22.9 Å². The number of aromatic nitrogens is 2. The van der Waals surface area contributed by atoms with E-state index in [9.17, 15) is 0 Å². The largest absolute Gasteiger partial charge is 0.312 e. The molecule has 2 aromatic rings. The smallest absolute Gasteiger partial charge is 0.102 e. The zero-order valence-corrected chi connectivity index (χ0v) is 9.58. The van der Waals surface area contributed by atoms with Crippen molar-refractivity contribution in [2.45, 2.75) is 13.0 Å². The zero-order chi connectivity index (χ0) is 10.3. The molecule has 0 fully saturated rings. The molecule has 0 unspecified atom stereocenters. The van der Waals surface area contributed by atoms with Gasteiger partial charge in [0.2, 0.25) is 0 Å². The van der Waals surface area contributed by atoms with Crippen molar-refractivity contribution in [3.63, 3.8) is 0 Å². The molecule has 3 nitrogen and oxygen atoms in total. The van der Waals surface area contributed by atoms with Gasteiger partial charge in [0.25, 0.3) is 0 Å². The van der Waals surface area contributed by atoms with Gasteiger partial charge in [0, 0.05) is 36.3 Å². The number of halogens is 1. The van der Waals surface area contributed by atoms with Gasteiger partial charge in [-0.2, -0.15) is 5.10 Å². The van der Waals surface area contributed by atoms with Gasteiger partial charge < -0.3 is 5.32 Å². The summed E-state index contributed by atoms with van der Waals surface area (Å²) in [5, 5.41) is 12.8. The molecular formula is C10H10ClN3S. The number of thiophene rings is 1. The molecule has 0 aromatic carbocycles. The SMILES string of the molecule is Clc1sccc1-c1n[nH]c2c1CNCC2. The first-order chi connectivity index (χ1) is 7.36. The summed E-state index contributed by atoms with van der Waals surface area (Å²) in [4.78, 5) is 0. The van der Waals surface area contributed by atoms with Crippen molar-refractivity contribution in [3.8, 4) is 11.3 Å². The number of fused-ring (bicyclic) bond motifs is 1. The molecule has 0 saturated heterocycles. The predicted molar refractivity (Wildman–Crippen MR) is 62.3 cm³/mol. The first-order valence-corrected chi connectivity index (χ1v) is 6.12. The zero-order valence-electron chi connectivity index (χ0n) is 8.01. The van der Waals surface area contributed by atoms with E-state index in [1.165, 1.54) is 11.3 Å². The van der Waals surface area contributed by atoms with Crippen molar-refractivity contribution < 1.29 is 0 Å². The molecule has 1 aliphatic rings. The van der Waals surface area contributed by atoms with Crippen LogP contribution in [0.2, 0.25) is 4.34 Å². The summed E-state index contributed by atoms with van der Waals surface area (Å²) in [6, 6.07) is 2.03. The van der Waals surface area contributed by atoms with Crippen molar-refractivity contribution in [3.05, 3.63) is 27.0 Å². The van der Waals surface area contributed by atoms with E-state index in [1.807, 2.05) is 11.4 Å². The predicted octanol–water partition coefficient (Wildman–Crippen LogP) is 2.44. The molecule has 78 valence electrons. The summed E-state index contributed by atoms with van der Waals surface area (Å²) in [5.74, 6) is 0. The van der Waals surface area contributed by atoms with Crippen LogP contribution in [0.3, 0.4) is 0 Å². The van der Waals surface area contributed by atoms with E-state index in [2.05, 4.69) is 15.5 Å². The fourth-order valence-corrected chi connectivity index (χ4v) is 2.83. The van der Waals surface area contributed by atoms with Gasteiger partial charge in [0.05, 0.1) is 5.69 Å². The number of H-pyrrole nitrogens is 1. The molecule has 15 heavy (non-hydrogen) atoms. The van der Waals surface area contributed by atoms with Crippen molar-refractivity contribution in [2.24, 2.45) is 0 Å². The fourth-order valence-electron chi connectivity index (χ4n) is 1.91. The van der Waals surface area contributed by atoms with Crippen molar-refractivity contribution >= 4 is 22.9 Å². The fraction of sp³-hybridized carbons (Fsp3) is 0.300. The van der Waals surface area contributed by atoms with Crippen LogP contribution in [0.5, 0.6) is 0 Å². The van der Waals surface area contributed by atoms with Crippen LogP contribution in [-0.2, 0) is 13.0 Å². The Hall–Kier alpha value is -0.840. The van der Waals surface area contributed by atoms with Gasteiger partial charge >= 0.3 is 0 Å². The van der Waals surface area contributed by atoms with Gasteiger partial charge in [-0.15, -0.1) is 11.3 Å². The molecule has 0 saturated carbocycles. The van der Waals surface area contributed by atoms with Gasteiger partial charge in [-0.1, -0.05) is 11.6 Å². The number of rotatable bonds is 1. The molecule has 5 heteroatoms. The molecule has 2 N–H and O–H groups in total. The lowest BCUT2D eigenvalue weighted by atomic mass is 10.0. The van der Waals surface area contributed by atoms with E-state index in [0.717, 1.165) is 35.1 Å². The maximum Gasteiger partial charge on any atom is 0.102 e. The molecule has 0 aliphatic carbocycles. The second kappa shape index (κ2) is 3.63. The van der Waals surface area contributed by atoms with Crippen molar-refractivity contribution in [1.82, 2.24) is 15.5 Å². The van der Waals surface area contributed by atoms with Crippen LogP contribution in [0.15, 0.2) is 11.4 Å². The highest BCUT2D eigenvalue weighted by atomic mass is 35.5. The van der Waals surface area contributed by atoms with Gasteiger partial charge in [-0.05, 0) is 11.4 Å². The minimum Gasteiger partial charge on any atom is -0.312 e. The third-order valence-corrected chi connectivity index (χ3v) is 3.85. The van der Waals surface area contributed by atoms with Gasteiger partial charge in [-0.25, -0.2) is 0 Å². The first-order valence-electron chi connectivity index (χ1n) is 4.86. The highest BCUT2D eigenvalue weighted by molar-refractivity contribution is 7.15. The third-order valence-electron chi connectivity index (χ3n) is 2.68. The molecule has 2 aromatic heterocycles. The monoisotopic (exact) mass is 239 g/mol. The summed E-state index contributed by atoms with van der Waals surface area (Å²) in [6.45, 7) is 1.90. The normalized spacial score (nSPS) is 15.3. The van der Waals surface area contributed by atoms with Crippen LogP contribution in [0.4, 0.5) is 0 Å². The van der Waals surface area contributed by atoms with E-state index >= 15 is 0 Å². The number of nitrogens with zero attached hydrogens (tertiary/aromatic N) is 1. The van der Waals surface area contributed by atoms with Gasteiger partial charge in [0.1, 0.15) is 4.34 Å². The second-order valence-corrected chi connectivity index (χ2v) is 5.08. The summed E-state index contributed by atoms with van der Waals surface area (Å²) < 4.78 is 0.815. The lowest BCUT2D eigenvalue weighted by Crippen LogP contribution is -2.23. The van der Waals surface area contributed by atoms with E-state index in [4.69, 9.17) is 11.6 Å². The van der Waals surface area contributed by atoms with E-state index in [0.29, 0.717) is 0 Å². The van der Waals surface area contributed by atoms with Crippen LogP contribution in [-0.4, -0.2) is 16.7 Å². The minimum atomic E-state index is 0.815. The summed E-state index contributed by atoms with van der Waals surface area (Å²) in [7, 11) is 0. The van der Waals surface area contributed by atoms with Crippen LogP contribution in [0, 0.1) is 0 Å². The maximum absolute atomic E-state index is 6.12. The molecule has 1 aliphatic heterocycles. The van der Waals surface area contributed by atoms with Crippen LogP contribution in [0.1, 0.15) is 11.3 Å². The number of hydrogen-bond donors (Lipinski definition) is 2.